The number of hydrogen-bond donors (Lipinski definition) is 3. The molecule has 0 fully saturated rings. The zero-order chi connectivity index (χ0) is 16.4. The van der Waals surface area contributed by atoms with E-state index in [9.17, 15) is 9.59 Å². The fraction of sp³-hybridized carbons (Fsp3) is 0.529. The zero-order valence-electron chi connectivity index (χ0n) is 13.5. The van der Waals surface area contributed by atoms with Gasteiger partial charge in [-0.25, -0.2) is 0 Å². The Labute approximate surface area is 132 Å². The van der Waals surface area contributed by atoms with Crippen LogP contribution in [0, 0.1) is 0 Å². The van der Waals surface area contributed by atoms with Crippen molar-refractivity contribution in [3.05, 3.63) is 35.9 Å². The Morgan fingerprint density at radius 3 is 2.32 bits per heavy atom. The summed E-state index contributed by atoms with van der Waals surface area (Å²) >= 11 is 0. The van der Waals surface area contributed by atoms with Gasteiger partial charge in [0.05, 0.1) is 0 Å². The van der Waals surface area contributed by atoms with Gasteiger partial charge in [0.1, 0.15) is 0 Å². The lowest BCUT2D eigenvalue weighted by Gasteiger charge is -2.26. The topological polar surface area (TPSA) is 84.2 Å². The smallest absolute Gasteiger partial charge is 0.251 e. The van der Waals surface area contributed by atoms with Crippen LogP contribution in [0.1, 0.15) is 49.9 Å². The Morgan fingerprint density at radius 2 is 1.73 bits per heavy atom. The number of carbonyl (C=O) groups is 2. The highest BCUT2D eigenvalue weighted by Crippen LogP contribution is 2.09. The lowest BCUT2D eigenvalue weighted by Crippen LogP contribution is -2.49. The van der Waals surface area contributed by atoms with Crippen LogP contribution < -0.4 is 16.4 Å². The van der Waals surface area contributed by atoms with E-state index in [0.29, 0.717) is 31.5 Å². The van der Waals surface area contributed by atoms with E-state index < -0.39 is 0 Å². The quantitative estimate of drug-likeness (QED) is 0.609. The van der Waals surface area contributed by atoms with Crippen LogP contribution in [0.15, 0.2) is 30.3 Å². The van der Waals surface area contributed by atoms with Crippen molar-refractivity contribution in [2.24, 2.45) is 5.73 Å². The summed E-state index contributed by atoms with van der Waals surface area (Å²) < 4.78 is 0. The minimum absolute atomic E-state index is 0.0225. The molecule has 0 heterocycles. The van der Waals surface area contributed by atoms with Crippen molar-refractivity contribution in [1.29, 1.82) is 0 Å². The highest BCUT2D eigenvalue weighted by molar-refractivity contribution is 5.94. The summed E-state index contributed by atoms with van der Waals surface area (Å²) in [6, 6.07) is 9.04. The maximum absolute atomic E-state index is 11.8. The molecule has 1 aromatic carbocycles. The first-order valence-electron chi connectivity index (χ1n) is 7.89. The molecule has 1 rings (SSSR count). The minimum atomic E-state index is -0.322. The van der Waals surface area contributed by atoms with Gasteiger partial charge in [-0.3, -0.25) is 9.59 Å². The molecule has 0 aliphatic carbocycles. The number of nitrogens with two attached hydrogens (primary N) is 1. The maximum atomic E-state index is 11.8. The van der Waals surface area contributed by atoms with E-state index in [-0.39, 0.29) is 17.4 Å². The van der Waals surface area contributed by atoms with Gasteiger partial charge < -0.3 is 16.4 Å². The van der Waals surface area contributed by atoms with E-state index in [1.807, 2.05) is 32.0 Å². The third-order valence-electron chi connectivity index (χ3n) is 3.95. The molecule has 0 aliphatic heterocycles. The Bertz CT molecular complexity index is 470. The van der Waals surface area contributed by atoms with Gasteiger partial charge in [0.25, 0.3) is 5.91 Å². The van der Waals surface area contributed by atoms with Gasteiger partial charge in [0.15, 0.2) is 0 Å². The monoisotopic (exact) mass is 305 g/mol. The first-order chi connectivity index (χ1) is 10.5. The Balaban J connectivity index is 2.19. The molecule has 22 heavy (non-hydrogen) atoms. The predicted molar refractivity (Wildman–Crippen MR) is 88.5 cm³/mol. The molecule has 0 unspecified atom stereocenters. The second-order valence-electron chi connectivity index (χ2n) is 5.57. The van der Waals surface area contributed by atoms with Gasteiger partial charge in [-0.15, -0.1) is 0 Å². The van der Waals surface area contributed by atoms with Gasteiger partial charge >= 0.3 is 0 Å². The van der Waals surface area contributed by atoms with Crippen molar-refractivity contribution in [2.75, 3.05) is 13.1 Å². The van der Waals surface area contributed by atoms with Crippen LogP contribution in [0.3, 0.4) is 0 Å². The fourth-order valence-electron chi connectivity index (χ4n) is 2.01. The third kappa shape index (κ3) is 6.26. The average molecular weight is 305 g/mol. The van der Waals surface area contributed by atoms with Crippen LogP contribution in [-0.4, -0.2) is 30.4 Å². The molecule has 0 spiro atoms. The fourth-order valence-corrected chi connectivity index (χ4v) is 2.01. The number of rotatable bonds is 9. The number of nitrogens with one attached hydrogen (secondary N) is 2. The molecule has 5 nitrogen and oxygen atoms in total. The van der Waals surface area contributed by atoms with Gasteiger partial charge in [0.2, 0.25) is 5.91 Å². The Hall–Kier alpha value is -1.88. The van der Waals surface area contributed by atoms with Crippen LogP contribution in [0.5, 0.6) is 0 Å². The lowest BCUT2D eigenvalue weighted by molar-refractivity contribution is -0.121. The van der Waals surface area contributed by atoms with Crippen LogP contribution >= 0.6 is 0 Å². The van der Waals surface area contributed by atoms with E-state index in [1.165, 1.54) is 0 Å². The van der Waals surface area contributed by atoms with Crippen LogP contribution in [-0.2, 0) is 4.79 Å². The number of carbonyl (C=O) groups excluding carboxylic acids is 2. The predicted octanol–water partition coefficient (Wildman–Crippen LogP) is 1.83. The highest BCUT2D eigenvalue weighted by atomic mass is 16.2. The van der Waals surface area contributed by atoms with Gasteiger partial charge in [-0.1, -0.05) is 32.0 Å². The second kappa shape index (κ2) is 9.20. The normalized spacial score (nSPS) is 11.0. The molecule has 2 amide bonds. The molecule has 0 saturated carbocycles. The number of hydrogen-bond acceptors (Lipinski definition) is 3. The van der Waals surface area contributed by atoms with E-state index in [1.54, 1.807) is 12.1 Å². The van der Waals surface area contributed by atoms with Crippen molar-refractivity contribution >= 4 is 11.8 Å². The van der Waals surface area contributed by atoms with E-state index in [0.717, 1.165) is 12.8 Å². The van der Waals surface area contributed by atoms with E-state index in [4.69, 9.17) is 5.73 Å². The van der Waals surface area contributed by atoms with E-state index in [2.05, 4.69) is 10.6 Å². The summed E-state index contributed by atoms with van der Waals surface area (Å²) in [5, 5.41) is 5.67. The SMILES string of the molecule is CCC(N)(CC)CNC(=O)CCCNC(=O)c1ccccc1. The van der Waals surface area contributed by atoms with Crippen molar-refractivity contribution in [1.82, 2.24) is 10.6 Å². The molecule has 0 aliphatic rings. The summed E-state index contributed by atoms with van der Waals surface area (Å²) in [4.78, 5) is 23.6. The zero-order valence-corrected chi connectivity index (χ0v) is 13.5. The van der Waals surface area contributed by atoms with Gasteiger partial charge in [0, 0.05) is 30.6 Å². The summed E-state index contributed by atoms with van der Waals surface area (Å²) in [6.07, 6.45) is 2.66. The molecular formula is C17H27N3O2. The summed E-state index contributed by atoms with van der Waals surface area (Å²) in [5.41, 5.74) is 6.44. The largest absolute Gasteiger partial charge is 0.354 e. The van der Waals surface area contributed by atoms with Crippen molar-refractivity contribution in [2.45, 2.75) is 45.1 Å². The molecule has 122 valence electrons. The first kappa shape index (κ1) is 18.2. The number of benzene rings is 1. The average Bonchev–Trinajstić information content (AvgIpc) is 2.57. The van der Waals surface area contributed by atoms with Crippen LogP contribution in [0.25, 0.3) is 0 Å². The van der Waals surface area contributed by atoms with Crippen LogP contribution in [0.2, 0.25) is 0 Å². The van der Waals surface area contributed by atoms with Crippen molar-refractivity contribution in [3.8, 4) is 0 Å². The van der Waals surface area contributed by atoms with Gasteiger partial charge in [-0.2, -0.15) is 0 Å². The number of amides is 2. The lowest BCUT2D eigenvalue weighted by atomic mass is 9.94. The molecular weight excluding hydrogens is 278 g/mol. The Kier molecular flexibility index (Phi) is 7.60. The van der Waals surface area contributed by atoms with Crippen molar-refractivity contribution in [3.63, 3.8) is 0 Å². The molecule has 0 saturated heterocycles. The molecule has 4 N–H and O–H groups in total. The van der Waals surface area contributed by atoms with Gasteiger partial charge in [-0.05, 0) is 31.4 Å². The van der Waals surface area contributed by atoms with Crippen molar-refractivity contribution < 1.29 is 9.59 Å². The first-order valence-corrected chi connectivity index (χ1v) is 7.89. The minimum Gasteiger partial charge on any atom is -0.354 e. The molecule has 0 aromatic heterocycles. The molecule has 0 radical (unpaired) electrons. The molecule has 0 bridgehead atoms. The second-order valence-corrected chi connectivity index (χ2v) is 5.57. The summed E-state index contributed by atoms with van der Waals surface area (Å²) in [6.45, 7) is 5.02. The molecule has 1 aromatic rings. The summed E-state index contributed by atoms with van der Waals surface area (Å²) in [7, 11) is 0. The third-order valence-corrected chi connectivity index (χ3v) is 3.95. The molecule has 5 heteroatoms. The standard InChI is InChI=1S/C17H27N3O2/c1-3-17(18,4-2)13-20-15(21)11-8-12-19-16(22)14-9-6-5-7-10-14/h5-7,9-10H,3-4,8,11-13,18H2,1-2H3,(H,19,22)(H,20,21). The highest BCUT2D eigenvalue weighted by Gasteiger charge is 2.20. The van der Waals surface area contributed by atoms with Crippen LogP contribution in [0.4, 0.5) is 0 Å². The Morgan fingerprint density at radius 1 is 1.09 bits per heavy atom. The molecule has 0 atom stereocenters. The van der Waals surface area contributed by atoms with E-state index >= 15 is 0 Å². The summed E-state index contributed by atoms with van der Waals surface area (Å²) in [5.74, 6) is -0.135. The maximum Gasteiger partial charge on any atom is 0.251 e.